The number of aliphatic hydroxyl groups excluding tert-OH is 1. The Bertz CT molecular complexity index is 201. The van der Waals surface area contributed by atoms with Crippen LogP contribution >= 0.6 is 0 Å². The molecule has 1 aliphatic heterocycles. The minimum absolute atomic E-state index is 0.0918. The lowest BCUT2D eigenvalue weighted by atomic mass is 9.74. The summed E-state index contributed by atoms with van der Waals surface area (Å²) in [6.07, 6.45) is 5.76. The Balaban J connectivity index is 1.92. The highest BCUT2D eigenvalue weighted by Crippen LogP contribution is 2.36. The van der Waals surface area contributed by atoms with Crippen LogP contribution in [0.5, 0.6) is 0 Å². The molecule has 2 fully saturated rings. The van der Waals surface area contributed by atoms with Crippen LogP contribution in [0.4, 0.5) is 0 Å². The van der Waals surface area contributed by atoms with Gasteiger partial charge in [0.25, 0.3) is 0 Å². The highest BCUT2D eigenvalue weighted by molar-refractivity contribution is 4.85. The molecule has 0 aromatic heterocycles. The van der Waals surface area contributed by atoms with Gasteiger partial charge in [0.2, 0.25) is 0 Å². The molecule has 3 heteroatoms. The van der Waals surface area contributed by atoms with Crippen LogP contribution in [0.15, 0.2) is 0 Å². The molecule has 1 N–H and O–H groups in total. The zero-order valence-corrected chi connectivity index (χ0v) is 10.2. The van der Waals surface area contributed by atoms with E-state index in [1.165, 1.54) is 25.7 Å². The van der Waals surface area contributed by atoms with Crippen LogP contribution in [-0.2, 0) is 9.47 Å². The normalized spacial score (nSPS) is 38.2. The zero-order chi connectivity index (χ0) is 11.4. The fourth-order valence-corrected chi connectivity index (χ4v) is 3.17. The second kappa shape index (κ2) is 5.99. The van der Waals surface area contributed by atoms with E-state index in [0.717, 1.165) is 6.42 Å². The molecular weight excluding hydrogens is 204 g/mol. The summed E-state index contributed by atoms with van der Waals surface area (Å²) in [5.74, 6) is 1.10. The predicted octanol–water partition coefficient (Wildman–Crippen LogP) is 1.98. The zero-order valence-electron chi connectivity index (χ0n) is 10.2. The number of aliphatic hydroxyl groups is 1. The molecule has 4 unspecified atom stereocenters. The molecule has 3 nitrogen and oxygen atoms in total. The molecule has 16 heavy (non-hydrogen) atoms. The van der Waals surface area contributed by atoms with E-state index >= 15 is 0 Å². The molecule has 1 saturated carbocycles. The van der Waals surface area contributed by atoms with Crippen LogP contribution in [-0.4, -0.2) is 37.1 Å². The van der Waals surface area contributed by atoms with E-state index in [-0.39, 0.29) is 12.2 Å². The monoisotopic (exact) mass is 228 g/mol. The van der Waals surface area contributed by atoms with Crippen molar-refractivity contribution in [3.8, 4) is 0 Å². The second-order valence-electron chi connectivity index (χ2n) is 5.09. The molecule has 0 spiro atoms. The summed E-state index contributed by atoms with van der Waals surface area (Å²) in [6, 6.07) is 0. The van der Waals surface area contributed by atoms with Gasteiger partial charge >= 0.3 is 0 Å². The molecule has 94 valence electrons. The van der Waals surface area contributed by atoms with Crippen molar-refractivity contribution in [1.29, 1.82) is 0 Å². The average molecular weight is 228 g/mol. The summed E-state index contributed by atoms with van der Waals surface area (Å²) >= 11 is 0. The molecular formula is C13H24O3. The van der Waals surface area contributed by atoms with Gasteiger partial charge in [-0.05, 0) is 18.3 Å². The van der Waals surface area contributed by atoms with Crippen LogP contribution in [0.3, 0.4) is 0 Å². The van der Waals surface area contributed by atoms with E-state index < -0.39 is 0 Å². The number of hydrogen-bond donors (Lipinski definition) is 1. The topological polar surface area (TPSA) is 38.7 Å². The smallest absolute Gasteiger partial charge is 0.107 e. The third kappa shape index (κ3) is 2.76. The van der Waals surface area contributed by atoms with Gasteiger partial charge in [-0.25, -0.2) is 0 Å². The maximum atomic E-state index is 10.4. The highest BCUT2D eigenvalue weighted by atomic mass is 16.6. The van der Waals surface area contributed by atoms with Gasteiger partial charge in [0.05, 0.1) is 25.9 Å². The summed E-state index contributed by atoms with van der Waals surface area (Å²) < 4.78 is 11.0. The summed E-state index contributed by atoms with van der Waals surface area (Å²) in [5.41, 5.74) is 0. The molecule has 1 heterocycles. The first kappa shape index (κ1) is 12.3. The van der Waals surface area contributed by atoms with Crippen molar-refractivity contribution in [3.05, 3.63) is 0 Å². The largest absolute Gasteiger partial charge is 0.390 e. The van der Waals surface area contributed by atoms with Gasteiger partial charge in [0, 0.05) is 0 Å². The van der Waals surface area contributed by atoms with Crippen molar-refractivity contribution in [3.63, 3.8) is 0 Å². The van der Waals surface area contributed by atoms with E-state index in [0.29, 0.717) is 31.7 Å². The van der Waals surface area contributed by atoms with Crippen LogP contribution in [0, 0.1) is 11.8 Å². The molecule has 0 radical (unpaired) electrons. The Hall–Kier alpha value is -0.120. The van der Waals surface area contributed by atoms with Crippen molar-refractivity contribution in [2.45, 2.75) is 51.2 Å². The van der Waals surface area contributed by atoms with Crippen LogP contribution < -0.4 is 0 Å². The quantitative estimate of drug-likeness (QED) is 0.802. The standard InChI is InChI=1S/C13H24O3/c1-2-10-5-3-4-6-11(10)13(14)12-9-15-7-8-16-12/h10-14H,2-9H2,1H3. The minimum atomic E-state index is -0.328. The number of rotatable bonds is 3. The van der Waals surface area contributed by atoms with Gasteiger partial charge in [0.15, 0.2) is 0 Å². The molecule has 0 bridgehead atoms. The van der Waals surface area contributed by atoms with E-state index in [4.69, 9.17) is 9.47 Å². The molecule has 2 rings (SSSR count). The lowest BCUT2D eigenvalue weighted by molar-refractivity contribution is -0.152. The third-order valence-corrected chi connectivity index (χ3v) is 4.15. The SMILES string of the molecule is CCC1CCCCC1C(O)C1COCCO1. The Labute approximate surface area is 98.1 Å². The molecule has 2 aliphatic rings. The fraction of sp³-hybridized carbons (Fsp3) is 1.00. The number of hydrogen-bond acceptors (Lipinski definition) is 3. The molecule has 1 saturated heterocycles. The lowest BCUT2D eigenvalue weighted by Gasteiger charge is -2.38. The maximum absolute atomic E-state index is 10.4. The molecule has 4 atom stereocenters. The molecule has 0 aromatic rings. The number of ether oxygens (including phenoxy) is 2. The van der Waals surface area contributed by atoms with E-state index in [1.54, 1.807) is 0 Å². The first-order valence-electron chi connectivity index (χ1n) is 6.70. The Morgan fingerprint density at radius 1 is 1.25 bits per heavy atom. The predicted molar refractivity (Wildman–Crippen MR) is 62.3 cm³/mol. The molecule has 0 amide bonds. The Kier molecular flexibility index (Phi) is 4.62. The Morgan fingerprint density at radius 2 is 2.06 bits per heavy atom. The fourth-order valence-electron chi connectivity index (χ4n) is 3.17. The highest BCUT2D eigenvalue weighted by Gasteiger charge is 2.35. The first-order valence-corrected chi connectivity index (χ1v) is 6.70. The van der Waals surface area contributed by atoms with Crippen molar-refractivity contribution >= 4 is 0 Å². The maximum Gasteiger partial charge on any atom is 0.107 e. The van der Waals surface area contributed by atoms with Gasteiger partial charge in [-0.3, -0.25) is 0 Å². The molecule has 0 aromatic carbocycles. The van der Waals surface area contributed by atoms with E-state index in [9.17, 15) is 5.11 Å². The molecule has 1 aliphatic carbocycles. The van der Waals surface area contributed by atoms with Gasteiger partial charge in [-0.15, -0.1) is 0 Å². The van der Waals surface area contributed by atoms with Crippen LogP contribution in [0.2, 0.25) is 0 Å². The lowest BCUT2D eigenvalue weighted by Crippen LogP contribution is -2.45. The van der Waals surface area contributed by atoms with E-state index in [2.05, 4.69) is 6.92 Å². The van der Waals surface area contributed by atoms with Crippen molar-refractivity contribution < 1.29 is 14.6 Å². The van der Waals surface area contributed by atoms with E-state index in [1.807, 2.05) is 0 Å². The van der Waals surface area contributed by atoms with Gasteiger partial charge in [0.1, 0.15) is 6.10 Å². The summed E-state index contributed by atoms with van der Waals surface area (Å²) in [5, 5.41) is 10.4. The Morgan fingerprint density at radius 3 is 2.75 bits per heavy atom. The van der Waals surface area contributed by atoms with Gasteiger partial charge in [-0.2, -0.15) is 0 Å². The summed E-state index contributed by atoms with van der Waals surface area (Å²) in [6.45, 7) is 4.10. The van der Waals surface area contributed by atoms with Gasteiger partial charge in [-0.1, -0.05) is 32.6 Å². The third-order valence-electron chi connectivity index (χ3n) is 4.15. The minimum Gasteiger partial charge on any atom is -0.390 e. The van der Waals surface area contributed by atoms with Crippen LogP contribution in [0.1, 0.15) is 39.0 Å². The summed E-state index contributed by atoms with van der Waals surface area (Å²) in [4.78, 5) is 0. The second-order valence-corrected chi connectivity index (χ2v) is 5.09. The van der Waals surface area contributed by atoms with Crippen molar-refractivity contribution in [1.82, 2.24) is 0 Å². The van der Waals surface area contributed by atoms with Gasteiger partial charge < -0.3 is 14.6 Å². The van der Waals surface area contributed by atoms with Crippen molar-refractivity contribution in [2.75, 3.05) is 19.8 Å². The summed E-state index contributed by atoms with van der Waals surface area (Å²) in [7, 11) is 0. The first-order chi connectivity index (χ1) is 7.83. The van der Waals surface area contributed by atoms with Crippen molar-refractivity contribution in [2.24, 2.45) is 11.8 Å². The van der Waals surface area contributed by atoms with Crippen LogP contribution in [0.25, 0.3) is 0 Å². The average Bonchev–Trinajstić information content (AvgIpc) is 2.39.